The molecule has 0 saturated carbocycles. The van der Waals surface area contributed by atoms with E-state index in [9.17, 15) is 4.79 Å². The number of fused-ring (bicyclic) bond motifs is 1. The van der Waals surface area contributed by atoms with Gasteiger partial charge in [0.25, 0.3) is 5.91 Å². The van der Waals surface area contributed by atoms with E-state index in [1.165, 1.54) is 11.3 Å². The molecule has 0 aliphatic heterocycles. The minimum atomic E-state index is -0.0405. The summed E-state index contributed by atoms with van der Waals surface area (Å²) < 4.78 is 2.95. The molecule has 0 saturated heterocycles. The van der Waals surface area contributed by atoms with Crippen LogP contribution in [0, 0.1) is 0 Å². The molecule has 0 fully saturated rings. The maximum atomic E-state index is 13.1. The van der Waals surface area contributed by atoms with Crippen molar-refractivity contribution in [1.29, 1.82) is 0 Å². The van der Waals surface area contributed by atoms with E-state index in [0.717, 1.165) is 30.8 Å². The molecule has 1 aromatic heterocycles. The fourth-order valence-electron chi connectivity index (χ4n) is 2.36. The summed E-state index contributed by atoms with van der Waals surface area (Å²) in [5.41, 5.74) is 1.55. The molecule has 138 valence electrons. The van der Waals surface area contributed by atoms with Crippen LogP contribution in [0.15, 0.2) is 51.4 Å². The number of hydrogen-bond acceptors (Lipinski definition) is 4. The van der Waals surface area contributed by atoms with Gasteiger partial charge < -0.3 is 4.90 Å². The average molecular weight is 520 g/mol. The molecule has 2 aromatic carbocycles. The summed E-state index contributed by atoms with van der Waals surface area (Å²) in [6.45, 7) is 1.35. The Hall–Kier alpha value is -0.990. The lowest BCUT2D eigenvalue weighted by Crippen LogP contribution is -2.36. The van der Waals surface area contributed by atoms with Crippen LogP contribution in [0.5, 0.6) is 0 Å². The molecule has 0 bridgehead atoms. The van der Waals surface area contributed by atoms with Crippen molar-refractivity contribution in [3.63, 3.8) is 0 Å². The molecule has 0 aliphatic rings. The fourth-order valence-corrected chi connectivity index (χ4v) is 4.30. The third-order valence-corrected chi connectivity index (χ3v) is 5.69. The Morgan fingerprint density at radius 2 is 1.81 bits per heavy atom. The molecule has 3 aromatic rings. The lowest BCUT2D eigenvalue weighted by molar-refractivity contribution is 0.0985. The van der Waals surface area contributed by atoms with Gasteiger partial charge in [-0.3, -0.25) is 9.69 Å². The summed E-state index contributed by atoms with van der Waals surface area (Å²) >= 11 is 8.46. The van der Waals surface area contributed by atoms with Crippen LogP contribution in [-0.2, 0) is 0 Å². The van der Waals surface area contributed by atoms with E-state index in [2.05, 4.69) is 41.7 Å². The van der Waals surface area contributed by atoms with Crippen molar-refractivity contribution < 1.29 is 4.79 Å². The Balaban J connectivity index is 0.00000243. The molecule has 0 atom stereocenters. The second-order valence-corrected chi connectivity index (χ2v) is 8.72. The quantitative estimate of drug-likeness (QED) is 0.450. The third kappa shape index (κ3) is 5.04. The Labute approximate surface area is 179 Å². The molecule has 4 nitrogen and oxygen atoms in total. The van der Waals surface area contributed by atoms with E-state index in [-0.39, 0.29) is 18.3 Å². The number of rotatable bonds is 5. The van der Waals surface area contributed by atoms with E-state index in [4.69, 9.17) is 0 Å². The Morgan fingerprint density at radius 1 is 1.08 bits per heavy atom. The highest BCUT2D eigenvalue weighted by Gasteiger charge is 2.21. The topological polar surface area (TPSA) is 36.4 Å². The van der Waals surface area contributed by atoms with Crippen molar-refractivity contribution in [2.24, 2.45) is 0 Å². The van der Waals surface area contributed by atoms with Crippen molar-refractivity contribution in [2.75, 3.05) is 32.1 Å². The number of anilines is 1. The lowest BCUT2D eigenvalue weighted by atomic mass is 10.2. The van der Waals surface area contributed by atoms with Crippen LogP contribution in [-0.4, -0.2) is 43.0 Å². The Bertz CT molecular complexity index is 916. The summed E-state index contributed by atoms with van der Waals surface area (Å²) in [4.78, 5) is 21.6. The highest BCUT2D eigenvalue weighted by molar-refractivity contribution is 9.10. The van der Waals surface area contributed by atoms with Gasteiger partial charge in [-0.05, 0) is 50.5 Å². The van der Waals surface area contributed by atoms with Gasteiger partial charge in [-0.2, -0.15) is 0 Å². The van der Waals surface area contributed by atoms with Crippen LogP contribution in [0.2, 0.25) is 0 Å². The van der Waals surface area contributed by atoms with E-state index < -0.39 is 0 Å². The average Bonchev–Trinajstić information content (AvgIpc) is 2.97. The first kappa shape index (κ1) is 21.3. The van der Waals surface area contributed by atoms with Gasteiger partial charge in [-0.15, -0.1) is 12.4 Å². The Morgan fingerprint density at radius 3 is 2.50 bits per heavy atom. The second kappa shape index (κ2) is 9.28. The van der Waals surface area contributed by atoms with Crippen molar-refractivity contribution in [3.8, 4) is 0 Å². The molecular weight excluding hydrogens is 502 g/mol. The molecule has 1 heterocycles. The molecule has 0 unspecified atom stereocenters. The Kier molecular flexibility index (Phi) is 7.61. The standard InChI is InChI=1S/C18H17Br2N3OS.ClH/c1-22(2)8-9-23(17(24)12-4-3-5-13(19)10-12)18-21-15-7-6-14(20)11-16(15)25-18;/h3-7,10-11H,8-9H2,1-2H3;1H. The number of carbonyl (C=O) groups excluding carboxylic acids is 1. The molecule has 8 heteroatoms. The SMILES string of the molecule is CN(C)CCN(C(=O)c1cccc(Br)c1)c1nc2ccc(Br)cc2s1.Cl. The lowest BCUT2D eigenvalue weighted by Gasteiger charge is -2.22. The predicted molar refractivity (Wildman–Crippen MR) is 119 cm³/mol. The van der Waals surface area contributed by atoms with Crippen LogP contribution in [0.3, 0.4) is 0 Å². The van der Waals surface area contributed by atoms with Gasteiger partial charge in [0.1, 0.15) is 0 Å². The first-order chi connectivity index (χ1) is 11.9. The number of carbonyl (C=O) groups is 1. The van der Waals surface area contributed by atoms with Gasteiger partial charge in [0, 0.05) is 27.6 Å². The number of likely N-dealkylation sites (N-methyl/N-ethyl adjacent to an activating group) is 1. The maximum absolute atomic E-state index is 13.1. The van der Waals surface area contributed by atoms with Crippen molar-refractivity contribution in [3.05, 3.63) is 57.0 Å². The van der Waals surface area contributed by atoms with Crippen molar-refractivity contribution in [2.45, 2.75) is 0 Å². The summed E-state index contributed by atoms with van der Waals surface area (Å²) in [5.74, 6) is -0.0405. The first-order valence-corrected chi connectivity index (χ1v) is 10.1. The molecule has 0 radical (unpaired) electrons. The number of hydrogen-bond donors (Lipinski definition) is 0. The molecule has 0 spiro atoms. The van der Waals surface area contributed by atoms with Crippen LogP contribution in [0.4, 0.5) is 5.13 Å². The number of thiazole rings is 1. The zero-order valence-electron chi connectivity index (χ0n) is 14.3. The van der Waals surface area contributed by atoms with E-state index >= 15 is 0 Å². The van der Waals surface area contributed by atoms with E-state index in [1.807, 2.05) is 56.6 Å². The normalized spacial score (nSPS) is 10.8. The summed E-state index contributed by atoms with van der Waals surface area (Å²) in [7, 11) is 3.99. The maximum Gasteiger partial charge on any atom is 0.260 e. The minimum absolute atomic E-state index is 0. The monoisotopic (exact) mass is 517 g/mol. The summed E-state index contributed by atoms with van der Waals surface area (Å²) in [6, 6.07) is 13.4. The van der Waals surface area contributed by atoms with E-state index in [1.54, 1.807) is 4.90 Å². The zero-order valence-corrected chi connectivity index (χ0v) is 19.1. The highest BCUT2D eigenvalue weighted by Crippen LogP contribution is 2.31. The van der Waals surface area contributed by atoms with Gasteiger partial charge >= 0.3 is 0 Å². The summed E-state index contributed by atoms with van der Waals surface area (Å²) in [5, 5.41) is 0.722. The first-order valence-electron chi connectivity index (χ1n) is 7.72. The van der Waals surface area contributed by atoms with Gasteiger partial charge in [0.05, 0.1) is 10.2 Å². The smallest absolute Gasteiger partial charge is 0.260 e. The summed E-state index contributed by atoms with van der Waals surface area (Å²) in [6.07, 6.45) is 0. The van der Waals surface area contributed by atoms with Crippen molar-refractivity contribution >= 4 is 76.9 Å². The zero-order chi connectivity index (χ0) is 18.0. The van der Waals surface area contributed by atoms with Crippen LogP contribution >= 0.6 is 55.6 Å². The number of amides is 1. The minimum Gasteiger partial charge on any atom is -0.308 e. The molecule has 0 aliphatic carbocycles. The van der Waals surface area contributed by atoms with Gasteiger partial charge in [0.15, 0.2) is 5.13 Å². The highest BCUT2D eigenvalue weighted by atomic mass is 79.9. The van der Waals surface area contributed by atoms with Gasteiger partial charge in [-0.1, -0.05) is 49.3 Å². The third-order valence-electron chi connectivity index (χ3n) is 3.66. The molecule has 0 N–H and O–H groups in total. The van der Waals surface area contributed by atoms with E-state index in [0.29, 0.717) is 12.1 Å². The van der Waals surface area contributed by atoms with Crippen LogP contribution in [0.25, 0.3) is 10.2 Å². The number of halogens is 3. The fraction of sp³-hybridized carbons (Fsp3) is 0.222. The molecule has 26 heavy (non-hydrogen) atoms. The van der Waals surface area contributed by atoms with Crippen LogP contribution in [0.1, 0.15) is 10.4 Å². The largest absolute Gasteiger partial charge is 0.308 e. The molecular formula is C18H18Br2ClN3OS. The molecule has 1 amide bonds. The number of nitrogens with zero attached hydrogens (tertiary/aromatic N) is 3. The van der Waals surface area contributed by atoms with Crippen LogP contribution < -0.4 is 4.90 Å². The van der Waals surface area contributed by atoms with Gasteiger partial charge in [-0.25, -0.2) is 4.98 Å². The van der Waals surface area contributed by atoms with Crippen molar-refractivity contribution in [1.82, 2.24) is 9.88 Å². The second-order valence-electron chi connectivity index (χ2n) is 5.88. The van der Waals surface area contributed by atoms with Gasteiger partial charge in [0.2, 0.25) is 0 Å². The molecule has 3 rings (SSSR count). The number of aromatic nitrogens is 1. The predicted octanol–water partition coefficient (Wildman–Crippen LogP) is 5.45. The number of benzene rings is 2.